The SMILES string of the molecule is CCCOc1c(CS)cc(C2CCC(c3cc(OC)c(OC)c(OC)c3)C2=O)cc1OC. The summed E-state index contributed by atoms with van der Waals surface area (Å²) in [5.74, 6) is 3.19. The number of ether oxygens (including phenoxy) is 5. The Kier molecular flexibility index (Phi) is 8.18. The summed E-state index contributed by atoms with van der Waals surface area (Å²) >= 11 is 4.48. The highest BCUT2D eigenvalue weighted by atomic mass is 32.1. The summed E-state index contributed by atoms with van der Waals surface area (Å²) in [4.78, 5) is 13.5. The van der Waals surface area contributed by atoms with Crippen LogP contribution >= 0.6 is 12.6 Å². The molecule has 0 spiro atoms. The molecule has 0 radical (unpaired) electrons. The van der Waals surface area contributed by atoms with Crippen molar-refractivity contribution in [3.05, 3.63) is 41.0 Å². The number of benzene rings is 2. The van der Waals surface area contributed by atoms with E-state index in [4.69, 9.17) is 23.7 Å². The van der Waals surface area contributed by atoms with Crippen LogP contribution in [0.4, 0.5) is 0 Å². The summed E-state index contributed by atoms with van der Waals surface area (Å²) in [5.41, 5.74) is 2.74. The second-order valence-corrected chi connectivity index (χ2v) is 8.08. The third-order valence-electron chi connectivity index (χ3n) is 5.92. The predicted octanol–water partition coefficient (Wildman–Crippen LogP) is 5.17. The third-order valence-corrected chi connectivity index (χ3v) is 6.26. The number of hydrogen-bond acceptors (Lipinski definition) is 7. The lowest BCUT2D eigenvalue weighted by Crippen LogP contribution is -2.13. The van der Waals surface area contributed by atoms with Gasteiger partial charge in [-0.1, -0.05) is 13.0 Å². The highest BCUT2D eigenvalue weighted by molar-refractivity contribution is 7.79. The molecule has 0 aliphatic heterocycles. The van der Waals surface area contributed by atoms with Gasteiger partial charge in [0, 0.05) is 23.2 Å². The monoisotopic (exact) mass is 460 g/mol. The van der Waals surface area contributed by atoms with Gasteiger partial charge in [-0.3, -0.25) is 4.79 Å². The van der Waals surface area contributed by atoms with Crippen molar-refractivity contribution in [1.82, 2.24) is 0 Å². The minimum atomic E-state index is -0.241. The van der Waals surface area contributed by atoms with E-state index in [2.05, 4.69) is 19.6 Å². The van der Waals surface area contributed by atoms with Gasteiger partial charge in [-0.25, -0.2) is 0 Å². The lowest BCUT2D eigenvalue weighted by molar-refractivity contribution is -0.119. The minimum absolute atomic E-state index is 0.175. The lowest BCUT2D eigenvalue weighted by atomic mass is 9.90. The van der Waals surface area contributed by atoms with Gasteiger partial charge in [0.1, 0.15) is 5.78 Å². The molecule has 32 heavy (non-hydrogen) atoms. The second kappa shape index (κ2) is 10.9. The zero-order valence-electron chi connectivity index (χ0n) is 19.4. The largest absolute Gasteiger partial charge is 0.493 e. The van der Waals surface area contributed by atoms with Crippen molar-refractivity contribution in [2.75, 3.05) is 35.0 Å². The average molecular weight is 461 g/mol. The lowest BCUT2D eigenvalue weighted by Gasteiger charge is -2.19. The molecule has 2 atom stereocenters. The Bertz CT molecular complexity index is 907. The highest BCUT2D eigenvalue weighted by Crippen LogP contribution is 2.47. The Labute approximate surface area is 195 Å². The zero-order chi connectivity index (χ0) is 23.3. The topological polar surface area (TPSA) is 63.2 Å². The molecule has 3 rings (SSSR count). The summed E-state index contributed by atoms with van der Waals surface area (Å²) in [6, 6.07) is 7.69. The van der Waals surface area contributed by atoms with Crippen LogP contribution in [0.3, 0.4) is 0 Å². The number of carbonyl (C=O) groups is 1. The van der Waals surface area contributed by atoms with Crippen molar-refractivity contribution >= 4 is 18.4 Å². The molecule has 0 saturated heterocycles. The zero-order valence-corrected chi connectivity index (χ0v) is 20.3. The van der Waals surface area contributed by atoms with Gasteiger partial charge >= 0.3 is 0 Å². The fourth-order valence-electron chi connectivity index (χ4n) is 4.35. The van der Waals surface area contributed by atoms with E-state index in [-0.39, 0.29) is 17.6 Å². The first kappa shape index (κ1) is 24.1. The standard InChI is InChI=1S/C25H32O6S/c1-6-9-31-24-17(14-32)10-15(11-20(24)27-2)18-7-8-19(23(18)26)16-12-21(28-3)25(30-5)22(13-16)29-4/h10-13,18-19,32H,6-9,14H2,1-5H3. The molecule has 0 heterocycles. The molecular formula is C25H32O6S. The fraction of sp³-hybridized carbons (Fsp3) is 0.480. The molecule has 174 valence electrons. The maximum atomic E-state index is 13.5. The summed E-state index contributed by atoms with van der Waals surface area (Å²) in [5, 5.41) is 0. The van der Waals surface area contributed by atoms with Crippen molar-refractivity contribution < 1.29 is 28.5 Å². The molecule has 0 bridgehead atoms. The van der Waals surface area contributed by atoms with Crippen molar-refractivity contribution in [1.29, 1.82) is 0 Å². The Morgan fingerprint density at radius 2 is 1.31 bits per heavy atom. The van der Waals surface area contributed by atoms with Gasteiger partial charge in [0.2, 0.25) is 5.75 Å². The maximum absolute atomic E-state index is 13.5. The average Bonchev–Trinajstić information content (AvgIpc) is 3.22. The molecule has 2 aromatic rings. The van der Waals surface area contributed by atoms with Crippen molar-refractivity contribution in [2.24, 2.45) is 0 Å². The van der Waals surface area contributed by atoms with Crippen molar-refractivity contribution in [3.63, 3.8) is 0 Å². The first-order valence-corrected chi connectivity index (χ1v) is 11.4. The smallest absolute Gasteiger partial charge is 0.203 e. The van der Waals surface area contributed by atoms with Crippen molar-refractivity contribution in [3.8, 4) is 28.7 Å². The van der Waals surface area contributed by atoms with Gasteiger partial charge in [0.15, 0.2) is 23.0 Å². The second-order valence-electron chi connectivity index (χ2n) is 7.76. The van der Waals surface area contributed by atoms with Crippen LogP contribution in [0.15, 0.2) is 24.3 Å². The van der Waals surface area contributed by atoms with E-state index >= 15 is 0 Å². The molecule has 2 aromatic carbocycles. The quantitative estimate of drug-likeness (QED) is 0.494. The molecule has 0 amide bonds. The number of ketones is 1. The van der Waals surface area contributed by atoms with Gasteiger partial charge in [-0.05, 0) is 48.6 Å². The number of rotatable bonds is 10. The normalized spacial score (nSPS) is 17.9. The summed E-state index contributed by atoms with van der Waals surface area (Å²) in [6.45, 7) is 2.66. The number of methoxy groups -OCH3 is 4. The van der Waals surface area contributed by atoms with E-state index in [0.29, 0.717) is 41.1 Å². The van der Waals surface area contributed by atoms with Crippen LogP contribution in [-0.2, 0) is 10.5 Å². The summed E-state index contributed by atoms with van der Waals surface area (Å²) < 4.78 is 27.9. The molecule has 1 aliphatic rings. The van der Waals surface area contributed by atoms with E-state index in [9.17, 15) is 4.79 Å². The number of Topliss-reactive ketones (excluding diaryl/α,β-unsaturated/α-hetero) is 1. The molecule has 0 aromatic heterocycles. The van der Waals surface area contributed by atoms with Gasteiger partial charge in [-0.15, -0.1) is 0 Å². The summed E-state index contributed by atoms with van der Waals surface area (Å²) in [7, 11) is 6.34. The predicted molar refractivity (Wildman–Crippen MR) is 127 cm³/mol. The van der Waals surface area contributed by atoms with E-state index in [1.807, 2.05) is 24.3 Å². The van der Waals surface area contributed by atoms with Crippen molar-refractivity contribution in [2.45, 2.75) is 43.8 Å². The van der Waals surface area contributed by atoms with Crippen LogP contribution in [0.5, 0.6) is 28.7 Å². The van der Waals surface area contributed by atoms with Gasteiger partial charge in [0.25, 0.3) is 0 Å². The molecule has 0 N–H and O–H groups in total. The van der Waals surface area contributed by atoms with Crippen LogP contribution < -0.4 is 23.7 Å². The highest BCUT2D eigenvalue weighted by Gasteiger charge is 2.37. The molecule has 2 unspecified atom stereocenters. The van der Waals surface area contributed by atoms with Crippen LogP contribution in [0.1, 0.15) is 54.7 Å². The molecular weight excluding hydrogens is 428 g/mol. The molecule has 1 saturated carbocycles. The minimum Gasteiger partial charge on any atom is -0.493 e. The van der Waals surface area contributed by atoms with Crippen LogP contribution in [0.25, 0.3) is 0 Å². The van der Waals surface area contributed by atoms with E-state index in [0.717, 1.165) is 36.0 Å². The van der Waals surface area contributed by atoms with E-state index in [1.165, 1.54) is 0 Å². The maximum Gasteiger partial charge on any atom is 0.203 e. The Morgan fingerprint density at radius 1 is 0.812 bits per heavy atom. The number of carbonyl (C=O) groups excluding carboxylic acids is 1. The number of hydrogen-bond donors (Lipinski definition) is 1. The van der Waals surface area contributed by atoms with Crippen LogP contribution in [-0.4, -0.2) is 40.8 Å². The van der Waals surface area contributed by atoms with Gasteiger partial charge < -0.3 is 23.7 Å². The van der Waals surface area contributed by atoms with Crippen LogP contribution in [0, 0.1) is 0 Å². The first-order valence-electron chi connectivity index (χ1n) is 10.8. The molecule has 1 aliphatic carbocycles. The van der Waals surface area contributed by atoms with E-state index < -0.39 is 0 Å². The van der Waals surface area contributed by atoms with Gasteiger partial charge in [0.05, 0.1) is 35.0 Å². The molecule has 7 heteroatoms. The summed E-state index contributed by atoms with van der Waals surface area (Å²) in [6.07, 6.45) is 2.40. The molecule has 6 nitrogen and oxygen atoms in total. The Morgan fingerprint density at radius 3 is 1.75 bits per heavy atom. The Balaban J connectivity index is 1.95. The first-order chi connectivity index (χ1) is 15.5. The number of thiol groups is 1. The van der Waals surface area contributed by atoms with E-state index in [1.54, 1.807) is 28.4 Å². The third kappa shape index (κ3) is 4.63. The molecule has 1 fully saturated rings. The Hall–Kier alpha value is -2.54. The fourth-order valence-corrected chi connectivity index (χ4v) is 4.58. The van der Waals surface area contributed by atoms with Gasteiger partial charge in [-0.2, -0.15) is 12.6 Å². The van der Waals surface area contributed by atoms with Crippen LogP contribution in [0.2, 0.25) is 0 Å².